The summed E-state index contributed by atoms with van der Waals surface area (Å²) < 4.78 is 17.4. The van der Waals surface area contributed by atoms with Gasteiger partial charge in [0.2, 0.25) is 5.91 Å². The van der Waals surface area contributed by atoms with Crippen LogP contribution in [0.4, 0.5) is 4.79 Å². The Balaban J connectivity index is 2.66. The number of carboxylic acids is 1. The molecule has 1 rings (SSSR count). The maximum atomic E-state index is 12.3. The molecule has 0 bridgehead atoms. The Labute approximate surface area is 161 Å². The van der Waals surface area contributed by atoms with Crippen molar-refractivity contribution in [2.45, 2.75) is 32.8 Å². The van der Waals surface area contributed by atoms with E-state index in [1.807, 2.05) is 30.3 Å². The number of nitrogens with one attached hydrogen (secondary N) is 2. The molecule has 0 heterocycles. The Morgan fingerprint density at radius 2 is 1.78 bits per heavy atom. The highest BCUT2D eigenvalue weighted by Crippen LogP contribution is 2.11. The highest BCUT2D eigenvalue weighted by atomic mass is 32.2. The van der Waals surface area contributed by atoms with Crippen LogP contribution >= 0.6 is 0 Å². The molecule has 3 N–H and O–H groups in total. The minimum absolute atomic E-state index is 0.0177. The quantitative estimate of drug-likeness (QED) is 0.576. The van der Waals surface area contributed by atoms with E-state index in [1.54, 1.807) is 20.8 Å². The Morgan fingerprint density at radius 1 is 1.15 bits per heavy atom. The van der Waals surface area contributed by atoms with Crippen LogP contribution in [0.1, 0.15) is 26.3 Å². The number of ether oxygens (including phenoxy) is 1. The van der Waals surface area contributed by atoms with Crippen LogP contribution in [0, 0.1) is 5.92 Å². The van der Waals surface area contributed by atoms with E-state index in [1.165, 1.54) is 0 Å². The second-order valence-corrected chi connectivity index (χ2v) is 8.43. The predicted molar refractivity (Wildman–Crippen MR) is 102 cm³/mol. The summed E-state index contributed by atoms with van der Waals surface area (Å²) in [7, 11) is -1.53. The summed E-state index contributed by atoms with van der Waals surface area (Å²) >= 11 is 0. The molecule has 0 spiro atoms. The maximum Gasteiger partial charge on any atom is 0.408 e. The van der Waals surface area contributed by atoms with Gasteiger partial charge in [0.25, 0.3) is 0 Å². The van der Waals surface area contributed by atoms with Gasteiger partial charge in [0, 0.05) is 16.6 Å². The molecule has 2 amide bonds. The predicted octanol–water partition coefficient (Wildman–Crippen LogP) is 1.28. The third-order valence-electron chi connectivity index (χ3n) is 3.27. The molecule has 2 atom stereocenters. The van der Waals surface area contributed by atoms with Crippen molar-refractivity contribution < 1.29 is 28.4 Å². The van der Waals surface area contributed by atoms with Gasteiger partial charge >= 0.3 is 12.1 Å². The van der Waals surface area contributed by atoms with Crippen LogP contribution in [-0.2, 0) is 31.5 Å². The Hall–Kier alpha value is -2.42. The number of alkyl carbamates (subject to hydrolysis) is 1. The zero-order valence-corrected chi connectivity index (χ0v) is 16.5. The molecule has 8 nitrogen and oxygen atoms in total. The summed E-state index contributed by atoms with van der Waals surface area (Å²) in [6.45, 7) is 4.64. The maximum absolute atomic E-state index is 12.3. The highest BCUT2D eigenvalue weighted by Gasteiger charge is 2.23. The molecule has 0 aliphatic carbocycles. The number of hydrogen-bond donors (Lipinski definition) is 3. The lowest BCUT2D eigenvalue weighted by molar-refractivity contribution is -0.138. The first kappa shape index (κ1) is 22.6. The van der Waals surface area contributed by atoms with E-state index >= 15 is 0 Å². The molecular formula is C18H26N2O6S. The van der Waals surface area contributed by atoms with Crippen LogP contribution in [0.25, 0.3) is 0 Å². The highest BCUT2D eigenvalue weighted by molar-refractivity contribution is 7.84. The van der Waals surface area contributed by atoms with Gasteiger partial charge in [-0.15, -0.1) is 0 Å². The first-order valence-corrected chi connectivity index (χ1v) is 9.91. The van der Waals surface area contributed by atoms with Crippen molar-refractivity contribution in [1.29, 1.82) is 0 Å². The molecule has 2 unspecified atom stereocenters. The summed E-state index contributed by atoms with van der Waals surface area (Å²) in [4.78, 5) is 34.6. The third-order valence-corrected chi connectivity index (χ3v) is 4.51. The molecule has 150 valence electrons. The zero-order chi connectivity index (χ0) is 20.4. The van der Waals surface area contributed by atoms with Gasteiger partial charge in [-0.3, -0.25) is 13.8 Å². The van der Waals surface area contributed by atoms with Crippen molar-refractivity contribution in [3.63, 3.8) is 0 Å². The lowest BCUT2D eigenvalue weighted by Crippen LogP contribution is -2.39. The van der Waals surface area contributed by atoms with Crippen molar-refractivity contribution in [2.75, 3.05) is 18.2 Å². The molecule has 1 aromatic rings. The fourth-order valence-electron chi connectivity index (χ4n) is 2.17. The number of amides is 2. The number of rotatable bonds is 9. The second-order valence-electron chi connectivity index (χ2n) is 6.93. The molecule has 0 aromatic heterocycles. The molecule has 0 aliphatic rings. The van der Waals surface area contributed by atoms with Crippen molar-refractivity contribution in [1.82, 2.24) is 10.6 Å². The second kappa shape index (κ2) is 10.7. The molecule has 9 heteroatoms. The Kier molecular flexibility index (Phi) is 8.93. The Morgan fingerprint density at radius 3 is 2.33 bits per heavy atom. The van der Waals surface area contributed by atoms with Crippen LogP contribution in [-0.4, -0.2) is 51.1 Å². The van der Waals surface area contributed by atoms with Crippen molar-refractivity contribution in [2.24, 2.45) is 5.92 Å². The van der Waals surface area contributed by atoms with E-state index < -0.39 is 46.8 Å². The topological polar surface area (TPSA) is 122 Å². The van der Waals surface area contributed by atoms with E-state index in [2.05, 4.69) is 10.6 Å². The lowest BCUT2D eigenvalue weighted by Gasteiger charge is -2.20. The molecule has 0 radical (unpaired) electrons. The normalized spacial score (nSPS) is 13.3. The van der Waals surface area contributed by atoms with E-state index in [0.29, 0.717) is 6.42 Å². The van der Waals surface area contributed by atoms with Gasteiger partial charge in [0.1, 0.15) is 12.1 Å². The van der Waals surface area contributed by atoms with Crippen LogP contribution in [0.15, 0.2) is 30.3 Å². The van der Waals surface area contributed by atoms with Crippen LogP contribution in [0.5, 0.6) is 0 Å². The summed E-state index contributed by atoms with van der Waals surface area (Å²) in [6, 6.07) is 9.15. The van der Waals surface area contributed by atoms with Crippen LogP contribution in [0.3, 0.4) is 0 Å². The van der Waals surface area contributed by atoms with Gasteiger partial charge < -0.3 is 20.5 Å². The van der Waals surface area contributed by atoms with Gasteiger partial charge in [0.15, 0.2) is 0 Å². The number of aliphatic carboxylic acids is 1. The van der Waals surface area contributed by atoms with E-state index in [0.717, 1.165) is 5.56 Å². The van der Waals surface area contributed by atoms with E-state index in [-0.39, 0.29) is 11.6 Å². The van der Waals surface area contributed by atoms with Crippen LogP contribution in [0.2, 0.25) is 0 Å². The molecule has 0 aliphatic heterocycles. The summed E-state index contributed by atoms with van der Waals surface area (Å²) in [5.74, 6) is -2.52. The zero-order valence-electron chi connectivity index (χ0n) is 15.7. The molecule has 0 saturated heterocycles. The lowest BCUT2D eigenvalue weighted by atomic mass is 10.0. The number of benzene rings is 1. The van der Waals surface area contributed by atoms with Crippen molar-refractivity contribution in [3.8, 4) is 0 Å². The van der Waals surface area contributed by atoms with Crippen LogP contribution < -0.4 is 10.6 Å². The van der Waals surface area contributed by atoms with Gasteiger partial charge in [-0.25, -0.2) is 4.79 Å². The minimum atomic E-state index is -1.53. The third kappa shape index (κ3) is 10.3. The molecular weight excluding hydrogens is 372 g/mol. The monoisotopic (exact) mass is 398 g/mol. The first-order chi connectivity index (χ1) is 12.6. The summed E-state index contributed by atoms with van der Waals surface area (Å²) in [6.07, 6.45) is -0.379. The molecule has 0 fully saturated rings. The molecule has 0 saturated carbocycles. The number of hydrogen-bond acceptors (Lipinski definition) is 5. The van der Waals surface area contributed by atoms with Crippen molar-refractivity contribution in [3.05, 3.63) is 35.9 Å². The number of carbonyl (C=O) groups excluding carboxylic acids is 2. The van der Waals surface area contributed by atoms with Gasteiger partial charge in [0.05, 0.1) is 11.8 Å². The summed E-state index contributed by atoms with van der Waals surface area (Å²) in [5, 5.41) is 13.4. The number of carboxylic acid groups (broad SMARTS) is 1. The molecule has 27 heavy (non-hydrogen) atoms. The average Bonchev–Trinajstić information content (AvgIpc) is 2.56. The SMILES string of the molecule is CC(C)(C)OC(=O)NCS(=O)CC(Cc1ccccc1)C(=O)NCC(=O)O. The fourth-order valence-corrected chi connectivity index (χ4v) is 3.28. The number of carbonyl (C=O) groups is 3. The standard InChI is InChI=1S/C18H26N2O6S/c1-18(2,3)26-17(24)20-12-27(25)11-14(16(23)19-10-15(21)22)9-13-7-5-4-6-8-13/h4-8,14H,9-12H2,1-3H3,(H,19,23)(H,20,24)(H,21,22). The smallest absolute Gasteiger partial charge is 0.408 e. The van der Waals surface area contributed by atoms with Gasteiger partial charge in [-0.05, 0) is 32.8 Å². The fraction of sp³-hybridized carbons (Fsp3) is 0.500. The Bertz CT molecular complexity index is 672. The first-order valence-electron chi connectivity index (χ1n) is 8.42. The van der Waals surface area contributed by atoms with E-state index in [4.69, 9.17) is 9.84 Å². The minimum Gasteiger partial charge on any atom is -0.480 e. The summed E-state index contributed by atoms with van der Waals surface area (Å²) in [5.41, 5.74) is 0.197. The average molecular weight is 398 g/mol. The van der Waals surface area contributed by atoms with Gasteiger partial charge in [-0.1, -0.05) is 30.3 Å². The van der Waals surface area contributed by atoms with E-state index in [9.17, 15) is 18.6 Å². The largest absolute Gasteiger partial charge is 0.480 e. The molecule has 1 aromatic carbocycles. The van der Waals surface area contributed by atoms with Gasteiger partial charge in [-0.2, -0.15) is 0 Å². The van der Waals surface area contributed by atoms with Crippen molar-refractivity contribution >= 4 is 28.8 Å².